The Kier molecular flexibility index (Phi) is 3.77. The molecule has 1 fully saturated rings. The Morgan fingerprint density at radius 3 is 2.67 bits per heavy atom. The first-order valence-corrected chi connectivity index (χ1v) is 7.93. The van der Waals surface area contributed by atoms with Gasteiger partial charge in [-0.15, -0.1) is 0 Å². The van der Waals surface area contributed by atoms with Gasteiger partial charge in [0.1, 0.15) is 4.90 Å². The summed E-state index contributed by atoms with van der Waals surface area (Å²) in [6, 6.07) is 0.263. The van der Waals surface area contributed by atoms with Crippen molar-refractivity contribution in [3.8, 4) is 0 Å². The third-order valence-electron chi connectivity index (χ3n) is 3.46. The predicted molar refractivity (Wildman–Crippen MR) is 69.8 cm³/mol. The van der Waals surface area contributed by atoms with E-state index in [9.17, 15) is 8.42 Å². The molecule has 2 rings (SSSR count). The van der Waals surface area contributed by atoms with Crippen molar-refractivity contribution in [2.75, 3.05) is 6.54 Å². The highest BCUT2D eigenvalue weighted by atomic mass is 32.2. The summed E-state index contributed by atoms with van der Waals surface area (Å²) >= 11 is 0. The van der Waals surface area contributed by atoms with Crippen LogP contribution in [0.1, 0.15) is 46.1 Å². The van der Waals surface area contributed by atoms with Gasteiger partial charge < -0.3 is 0 Å². The first-order chi connectivity index (χ1) is 8.43. The summed E-state index contributed by atoms with van der Waals surface area (Å²) in [5.41, 5.74) is 0. The fourth-order valence-corrected chi connectivity index (χ4v) is 3.94. The van der Waals surface area contributed by atoms with Gasteiger partial charge in [-0.2, -0.15) is 9.40 Å². The SMILES string of the molecule is CC1CCCCN1S(=O)(=O)c1cnn(C(C)C)c1. The molecule has 1 saturated heterocycles. The molecular formula is C12H21N3O2S. The topological polar surface area (TPSA) is 55.2 Å². The molecule has 0 N–H and O–H groups in total. The van der Waals surface area contributed by atoms with Gasteiger partial charge in [0.25, 0.3) is 0 Å². The van der Waals surface area contributed by atoms with Crippen LogP contribution in [0.2, 0.25) is 0 Å². The maximum absolute atomic E-state index is 12.5. The molecule has 102 valence electrons. The summed E-state index contributed by atoms with van der Waals surface area (Å²) in [7, 11) is -3.37. The maximum atomic E-state index is 12.5. The predicted octanol–water partition coefficient (Wildman–Crippen LogP) is 2.03. The highest BCUT2D eigenvalue weighted by molar-refractivity contribution is 7.89. The molecule has 0 amide bonds. The van der Waals surface area contributed by atoms with E-state index in [1.807, 2.05) is 20.8 Å². The molecule has 0 bridgehead atoms. The molecule has 1 atom stereocenters. The average molecular weight is 271 g/mol. The highest BCUT2D eigenvalue weighted by Gasteiger charge is 2.31. The van der Waals surface area contributed by atoms with Crippen LogP contribution in [-0.4, -0.2) is 35.1 Å². The van der Waals surface area contributed by atoms with Crippen molar-refractivity contribution >= 4 is 10.0 Å². The van der Waals surface area contributed by atoms with Crippen LogP contribution in [0, 0.1) is 0 Å². The van der Waals surface area contributed by atoms with Crippen molar-refractivity contribution in [1.82, 2.24) is 14.1 Å². The van der Waals surface area contributed by atoms with E-state index in [1.54, 1.807) is 15.2 Å². The van der Waals surface area contributed by atoms with Crippen molar-refractivity contribution in [2.24, 2.45) is 0 Å². The Balaban J connectivity index is 2.29. The molecule has 0 aromatic carbocycles. The number of hydrogen-bond acceptors (Lipinski definition) is 3. The standard InChI is InChI=1S/C12H21N3O2S/c1-10(2)14-9-12(8-13-14)18(16,17)15-7-5-4-6-11(15)3/h8-11H,4-7H2,1-3H3. The van der Waals surface area contributed by atoms with Gasteiger partial charge in [-0.3, -0.25) is 4.68 Å². The van der Waals surface area contributed by atoms with E-state index in [1.165, 1.54) is 6.20 Å². The highest BCUT2D eigenvalue weighted by Crippen LogP contribution is 2.25. The van der Waals surface area contributed by atoms with E-state index in [-0.39, 0.29) is 12.1 Å². The van der Waals surface area contributed by atoms with Gasteiger partial charge in [0.15, 0.2) is 0 Å². The fourth-order valence-electron chi connectivity index (χ4n) is 2.30. The van der Waals surface area contributed by atoms with Crippen molar-refractivity contribution in [1.29, 1.82) is 0 Å². The van der Waals surface area contributed by atoms with Gasteiger partial charge in [0.05, 0.1) is 6.20 Å². The summed E-state index contributed by atoms with van der Waals surface area (Å²) in [6.07, 6.45) is 6.08. The van der Waals surface area contributed by atoms with Crippen LogP contribution in [0.3, 0.4) is 0 Å². The Labute approximate surface area is 109 Å². The van der Waals surface area contributed by atoms with Crippen molar-refractivity contribution in [3.05, 3.63) is 12.4 Å². The average Bonchev–Trinajstić information content (AvgIpc) is 2.79. The van der Waals surface area contributed by atoms with Crippen LogP contribution < -0.4 is 0 Å². The van der Waals surface area contributed by atoms with Gasteiger partial charge in [-0.1, -0.05) is 6.42 Å². The lowest BCUT2D eigenvalue weighted by atomic mass is 10.1. The van der Waals surface area contributed by atoms with Crippen LogP contribution in [0.5, 0.6) is 0 Å². The summed E-state index contributed by atoms with van der Waals surface area (Å²) in [5, 5.41) is 4.11. The minimum atomic E-state index is -3.37. The minimum absolute atomic E-state index is 0.0890. The largest absolute Gasteiger partial charge is 0.269 e. The summed E-state index contributed by atoms with van der Waals surface area (Å²) in [5.74, 6) is 0. The minimum Gasteiger partial charge on any atom is -0.269 e. The van der Waals surface area contributed by atoms with Crippen LogP contribution >= 0.6 is 0 Å². The van der Waals surface area contributed by atoms with Gasteiger partial charge in [-0.05, 0) is 33.6 Å². The summed E-state index contributed by atoms with van der Waals surface area (Å²) < 4.78 is 28.3. The second-order valence-corrected chi connectivity index (χ2v) is 7.10. The number of rotatable bonds is 3. The number of aromatic nitrogens is 2. The Hall–Kier alpha value is -0.880. The van der Waals surface area contributed by atoms with Crippen molar-refractivity contribution in [2.45, 2.75) is 57.0 Å². The lowest BCUT2D eigenvalue weighted by Crippen LogP contribution is -2.41. The molecule has 1 unspecified atom stereocenters. The second kappa shape index (κ2) is 5.01. The molecule has 0 radical (unpaired) electrons. The molecule has 1 aliphatic heterocycles. The van der Waals surface area contributed by atoms with E-state index in [0.29, 0.717) is 11.4 Å². The Bertz CT molecular complexity index is 507. The summed E-state index contributed by atoms with van der Waals surface area (Å²) in [6.45, 7) is 6.56. The van der Waals surface area contributed by atoms with Crippen LogP contribution in [0.15, 0.2) is 17.3 Å². The van der Waals surface area contributed by atoms with Crippen LogP contribution in [0.25, 0.3) is 0 Å². The van der Waals surface area contributed by atoms with E-state index in [0.717, 1.165) is 19.3 Å². The molecule has 1 aromatic rings. The molecule has 5 nitrogen and oxygen atoms in total. The van der Waals surface area contributed by atoms with E-state index in [4.69, 9.17) is 0 Å². The van der Waals surface area contributed by atoms with Crippen molar-refractivity contribution in [3.63, 3.8) is 0 Å². The Morgan fingerprint density at radius 2 is 2.11 bits per heavy atom. The third-order valence-corrected chi connectivity index (χ3v) is 5.42. The number of nitrogens with zero attached hydrogens (tertiary/aromatic N) is 3. The molecule has 1 aromatic heterocycles. The lowest BCUT2D eigenvalue weighted by Gasteiger charge is -2.31. The first-order valence-electron chi connectivity index (χ1n) is 6.49. The first kappa shape index (κ1) is 13.5. The quantitative estimate of drug-likeness (QED) is 0.845. The molecular weight excluding hydrogens is 250 g/mol. The second-order valence-electron chi connectivity index (χ2n) is 5.21. The summed E-state index contributed by atoms with van der Waals surface area (Å²) in [4.78, 5) is 0.310. The van der Waals surface area contributed by atoms with Gasteiger partial charge in [-0.25, -0.2) is 8.42 Å². The van der Waals surface area contributed by atoms with Gasteiger partial charge in [0.2, 0.25) is 10.0 Å². The third kappa shape index (κ3) is 2.44. The molecule has 1 aliphatic rings. The zero-order chi connectivity index (χ0) is 13.3. The van der Waals surface area contributed by atoms with Gasteiger partial charge >= 0.3 is 0 Å². The van der Waals surface area contributed by atoms with E-state index >= 15 is 0 Å². The molecule has 0 saturated carbocycles. The lowest BCUT2D eigenvalue weighted by molar-refractivity contribution is 0.268. The van der Waals surface area contributed by atoms with Crippen LogP contribution in [-0.2, 0) is 10.0 Å². The Morgan fingerprint density at radius 1 is 1.39 bits per heavy atom. The molecule has 2 heterocycles. The zero-order valence-corrected chi connectivity index (χ0v) is 12.0. The smallest absolute Gasteiger partial charge is 0.246 e. The molecule has 0 spiro atoms. The molecule has 6 heteroatoms. The van der Waals surface area contributed by atoms with Gasteiger partial charge in [0, 0.05) is 24.8 Å². The monoisotopic (exact) mass is 271 g/mol. The van der Waals surface area contributed by atoms with Crippen molar-refractivity contribution < 1.29 is 8.42 Å². The van der Waals surface area contributed by atoms with E-state index < -0.39 is 10.0 Å². The normalized spacial score (nSPS) is 22.6. The maximum Gasteiger partial charge on any atom is 0.246 e. The number of sulfonamides is 1. The zero-order valence-electron chi connectivity index (χ0n) is 11.2. The van der Waals surface area contributed by atoms with E-state index in [2.05, 4.69) is 5.10 Å². The molecule has 18 heavy (non-hydrogen) atoms. The number of piperidine rings is 1. The number of hydrogen-bond donors (Lipinski definition) is 0. The fraction of sp³-hybridized carbons (Fsp3) is 0.750. The van der Waals surface area contributed by atoms with Crippen LogP contribution in [0.4, 0.5) is 0 Å². The molecule has 0 aliphatic carbocycles.